The van der Waals surface area contributed by atoms with E-state index < -0.39 is 0 Å². The Morgan fingerprint density at radius 2 is 1.70 bits per heavy atom. The zero-order valence-electron chi connectivity index (χ0n) is 11.3. The lowest BCUT2D eigenvalue weighted by atomic mass is 9.63. The lowest BCUT2D eigenvalue weighted by Crippen LogP contribution is -2.39. The number of hydrogen-bond donors (Lipinski definition) is 0. The molecule has 100 valence electrons. The van der Waals surface area contributed by atoms with Gasteiger partial charge in [-0.1, -0.05) is 42.5 Å². The average molecular weight is 264 g/mol. The molecule has 2 aliphatic rings. The average Bonchev–Trinajstić information content (AvgIpc) is 2.48. The molecule has 1 unspecified atom stereocenters. The van der Waals surface area contributed by atoms with Crippen LogP contribution >= 0.6 is 0 Å². The van der Waals surface area contributed by atoms with Crippen molar-refractivity contribution < 1.29 is 9.53 Å². The topological polar surface area (TPSA) is 26.3 Å². The number of aryl methyl sites for hydroxylation is 1. The summed E-state index contributed by atoms with van der Waals surface area (Å²) in [7, 11) is 0. The standard InChI is InChI=1S/C18H16O2/c19-17-12-18(15-9-3-4-10-16(15)20-17)11-5-7-13-6-1-2-8-14(13)18/h1-4,6,8-10H,5,7,11-12H2. The number of hydrogen-bond acceptors (Lipinski definition) is 2. The number of fused-ring (bicyclic) bond motifs is 4. The molecule has 0 saturated carbocycles. The van der Waals surface area contributed by atoms with Gasteiger partial charge in [0.25, 0.3) is 0 Å². The maximum Gasteiger partial charge on any atom is 0.312 e. The number of benzene rings is 2. The van der Waals surface area contributed by atoms with Crippen LogP contribution in [0.4, 0.5) is 0 Å². The zero-order valence-corrected chi connectivity index (χ0v) is 11.3. The summed E-state index contributed by atoms with van der Waals surface area (Å²) >= 11 is 0. The molecule has 0 N–H and O–H groups in total. The Bertz CT molecular complexity index is 689. The van der Waals surface area contributed by atoms with Gasteiger partial charge in [-0.2, -0.15) is 0 Å². The summed E-state index contributed by atoms with van der Waals surface area (Å²) < 4.78 is 5.44. The second kappa shape index (κ2) is 4.20. The summed E-state index contributed by atoms with van der Waals surface area (Å²) in [5, 5.41) is 0. The van der Waals surface area contributed by atoms with Crippen molar-refractivity contribution in [3.05, 3.63) is 65.2 Å². The number of carbonyl (C=O) groups is 1. The van der Waals surface area contributed by atoms with Gasteiger partial charge in [0.1, 0.15) is 5.75 Å². The SMILES string of the molecule is O=C1CC2(CCCc3ccccc32)c2ccccc2O1. The van der Waals surface area contributed by atoms with Crippen LogP contribution in [0.25, 0.3) is 0 Å². The second-order valence-electron chi connectivity index (χ2n) is 5.74. The van der Waals surface area contributed by atoms with Crippen molar-refractivity contribution in [2.75, 3.05) is 0 Å². The highest BCUT2D eigenvalue weighted by Gasteiger charge is 2.45. The third-order valence-electron chi connectivity index (χ3n) is 4.66. The van der Waals surface area contributed by atoms with E-state index in [9.17, 15) is 4.79 Å². The van der Waals surface area contributed by atoms with Gasteiger partial charge in [-0.25, -0.2) is 0 Å². The molecule has 1 atom stereocenters. The van der Waals surface area contributed by atoms with E-state index in [-0.39, 0.29) is 11.4 Å². The molecule has 20 heavy (non-hydrogen) atoms. The van der Waals surface area contributed by atoms with Crippen LogP contribution in [0.5, 0.6) is 5.75 Å². The van der Waals surface area contributed by atoms with Crippen molar-refractivity contribution in [2.45, 2.75) is 31.1 Å². The van der Waals surface area contributed by atoms with Crippen molar-refractivity contribution in [3.63, 3.8) is 0 Å². The molecule has 0 aromatic heterocycles. The first-order valence-corrected chi connectivity index (χ1v) is 7.18. The minimum atomic E-state index is -0.180. The molecule has 1 spiro atoms. The Morgan fingerprint density at radius 1 is 0.950 bits per heavy atom. The fourth-order valence-corrected chi connectivity index (χ4v) is 3.84. The molecule has 4 rings (SSSR count). The quantitative estimate of drug-likeness (QED) is 0.536. The molecule has 0 amide bonds. The largest absolute Gasteiger partial charge is 0.426 e. The van der Waals surface area contributed by atoms with Gasteiger partial charge < -0.3 is 4.74 Å². The highest BCUT2D eigenvalue weighted by Crippen LogP contribution is 2.50. The predicted octanol–water partition coefficient (Wildman–Crippen LogP) is 3.62. The molecule has 1 aliphatic carbocycles. The third-order valence-corrected chi connectivity index (χ3v) is 4.66. The van der Waals surface area contributed by atoms with Crippen LogP contribution in [0, 0.1) is 0 Å². The molecule has 2 aromatic rings. The van der Waals surface area contributed by atoms with Gasteiger partial charge in [0.15, 0.2) is 0 Å². The van der Waals surface area contributed by atoms with Crippen molar-refractivity contribution in [1.82, 2.24) is 0 Å². The zero-order chi connectivity index (χ0) is 13.6. The van der Waals surface area contributed by atoms with Crippen LogP contribution in [0.1, 0.15) is 36.0 Å². The van der Waals surface area contributed by atoms with Crippen LogP contribution in [0.2, 0.25) is 0 Å². The molecule has 0 radical (unpaired) electrons. The van der Waals surface area contributed by atoms with Gasteiger partial charge in [0, 0.05) is 11.0 Å². The van der Waals surface area contributed by atoms with Gasteiger partial charge in [-0.3, -0.25) is 4.79 Å². The lowest BCUT2D eigenvalue weighted by Gasteiger charge is -2.42. The van der Waals surface area contributed by atoms with E-state index in [4.69, 9.17) is 4.74 Å². The maximum absolute atomic E-state index is 12.1. The fourth-order valence-electron chi connectivity index (χ4n) is 3.84. The Kier molecular flexibility index (Phi) is 2.46. The van der Waals surface area contributed by atoms with E-state index in [1.165, 1.54) is 16.7 Å². The third kappa shape index (κ3) is 1.54. The van der Waals surface area contributed by atoms with Crippen LogP contribution in [0.15, 0.2) is 48.5 Å². The normalized spacial score (nSPS) is 23.9. The van der Waals surface area contributed by atoms with Crippen LogP contribution < -0.4 is 4.74 Å². The van der Waals surface area contributed by atoms with Crippen molar-refractivity contribution in [3.8, 4) is 5.75 Å². The summed E-state index contributed by atoms with van der Waals surface area (Å²) in [4.78, 5) is 12.1. The van der Waals surface area contributed by atoms with Crippen LogP contribution in [-0.4, -0.2) is 5.97 Å². The number of carbonyl (C=O) groups excluding carboxylic acids is 1. The molecule has 2 nitrogen and oxygen atoms in total. The Morgan fingerprint density at radius 3 is 2.60 bits per heavy atom. The number of rotatable bonds is 0. The summed E-state index contributed by atoms with van der Waals surface area (Å²) in [6.45, 7) is 0. The molecule has 0 bridgehead atoms. The smallest absolute Gasteiger partial charge is 0.312 e. The van der Waals surface area contributed by atoms with Gasteiger partial charge in [0.2, 0.25) is 0 Å². The Hall–Kier alpha value is -2.09. The van der Waals surface area contributed by atoms with Crippen molar-refractivity contribution in [2.24, 2.45) is 0 Å². The minimum Gasteiger partial charge on any atom is -0.426 e. The first-order valence-electron chi connectivity index (χ1n) is 7.18. The van der Waals surface area contributed by atoms with Crippen LogP contribution in [-0.2, 0) is 16.6 Å². The van der Waals surface area contributed by atoms with E-state index in [0.717, 1.165) is 25.0 Å². The van der Waals surface area contributed by atoms with Gasteiger partial charge in [0.05, 0.1) is 6.42 Å². The van der Waals surface area contributed by atoms with E-state index in [0.29, 0.717) is 6.42 Å². The molecule has 0 saturated heterocycles. The molecule has 2 heteroatoms. The highest BCUT2D eigenvalue weighted by molar-refractivity contribution is 5.79. The maximum atomic E-state index is 12.1. The number of ether oxygens (including phenoxy) is 1. The first-order chi connectivity index (χ1) is 9.79. The van der Waals surface area contributed by atoms with Gasteiger partial charge in [-0.15, -0.1) is 0 Å². The van der Waals surface area contributed by atoms with E-state index in [1.807, 2.05) is 18.2 Å². The molecule has 0 fully saturated rings. The molecular formula is C18H16O2. The molecule has 1 aliphatic heterocycles. The lowest BCUT2D eigenvalue weighted by molar-refractivity contribution is -0.137. The van der Waals surface area contributed by atoms with Gasteiger partial charge >= 0.3 is 5.97 Å². The molecule has 1 heterocycles. The van der Waals surface area contributed by atoms with E-state index >= 15 is 0 Å². The summed E-state index contributed by atoms with van der Waals surface area (Å²) in [5.41, 5.74) is 3.69. The monoisotopic (exact) mass is 264 g/mol. The predicted molar refractivity (Wildman–Crippen MR) is 76.9 cm³/mol. The second-order valence-corrected chi connectivity index (χ2v) is 5.74. The van der Waals surface area contributed by atoms with Crippen LogP contribution in [0.3, 0.4) is 0 Å². The fraction of sp³-hybridized carbons (Fsp3) is 0.278. The molecule has 2 aromatic carbocycles. The van der Waals surface area contributed by atoms with E-state index in [1.54, 1.807) is 0 Å². The number of esters is 1. The highest BCUT2D eigenvalue weighted by atomic mass is 16.5. The summed E-state index contributed by atoms with van der Waals surface area (Å²) in [6.07, 6.45) is 3.71. The van der Waals surface area contributed by atoms with Crippen molar-refractivity contribution >= 4 is 5.97 Å². The first kappa shape index (κ1) is 11.7. The number of para-hydroxylation sites is 1. The summed E-state index contributed by atoms with van der Waals surface area (Å²) in [5.74, 6) is 0.626. The molecular weight excluding hydrogens is 248 g/mol. The summed E-state index contributed by atoms with van der Waals surface area (Å²) in [6, 6.07) is 16.5. The van der Waals surface area contributed by atoms with Crippen molar-refractivity contribution in [1.29, 1.82) is 0 Å². The van der Waals surface area contributed by atoms with Gasteiger partial charge in [-0.05, 0) is 36.5 Å². The minimum absolute atomic E-state index is 0.111. The Balaban J connectivity index is 2.00. The Labute approximate surface area is 118 Å². The van der Waals surface area contributed by atoms with E-state index in [2.05, 4.69) is 30.3 Å².